The first kappa shape index (κ1) is 15.3. The number of nitrogens with zero attached hydrogens (tertiary/aromatic N) is 2. The first-order valence-corrected chi connectivity index (χ1v) is 8.95. The van der Waals surface area contributed by atoms with Gasteiger partial charge < -0.3 is 10.2 Å². The fourth-order valence-corrected chi connectivity index (χ4v) is 4.61. The number of hydrogen-bond acceptors (Lipinski definition) is 3. The van der Waals surface area contributed by atoms with E-state index < -0.39 is 0 Å². The molecule has 4 nitrogen and oxygen atoms in total. The van der Waals surface area contributed by atoms with Crippen LogP contribution in [0.5, 0.6) is 0 Å². The molecule has 0 radical (unpaired) electrons. The summed E-state index contributed by atoms with van der Waals surface area (Å²) in [6.07, 6.45) is 10.3. The minimum Gasteiger partial charge on any atom is -0.359 e. The molecule has 3 rings (SSSR count). The average Bonchev–Trinajstić information content (AvgIpc) is 3.19. The van der Waals surface area contributed by atoms with E-state index in [9.17, 15) is 4.79 Å². The van der Waals surface area contributed by atoms with Crippen LogP contribution >= 0.6 is 0 Å². The number of carbonyl (C=O) groups is 1. The fourth-order valence-electron chi connectivity index (χ4n) is 4.61. The number of nitrogens with one attached hydrogen (secondary N) is 1. The number of amides is 1. The second-order valence-corrected chi connectivity index (χ2v) is 7.23. The highest BCUT2D eigenvalue weighted by molar-refractivity contribution is 5.75. The molecule has 1 aliphatic carbocycles. The van der Waals surface area contributed by atoms with Crippen LogP contribution in [0.3, 0.4) is 0 Å². The molecule has 1 N–H and O–H groups in total. The molecule has 1 saturated carbocycles. The third-order valence-electron chi connectivity index (χ3n) is 5.93. The Morgan fingerprint density at radius 1 is 0.952 bits per heavy atom. The molecule has 0 spiro atoms. The number of carbonyl (C=O) groups excluding carboxylic acids is 1. The molecule has 4 heteroatoms. The Morgan fingerprint density at radius 3 is 2.24 bits per heavy atom. The predicted octanol–water partition coefficient (Wildman–Crippen LogP) is 1.85. The second-order valence-electron chi connectivity index (χ2n) is 7.23. The van der Waals surface area contributed by atoms with Crippen LogP contribution in [0.2, 0.25) is 0 Å². The fraction of sp³-hybridized carbons (Fsp3) is 0.941. The van der Waals surface area contributed by atoms with Crippen LogP contribution in [0.15, 0.2) is 0 Å². The van der Waals surface area contributed by atoms with Crippen molar-refractivity contribution in [1.82, 2.24) is 15.1 Å². The Hall–Kier alpha value is -0.610. The van der Waals surface area contributed by atoms with Crippen molar-refractivity contribution in [3.8, 4) is 0 Å². The van der Waals surface area contributed by atoms with Gasteiger partial charge in [0.25, 0.3) is 0 Å². The van der Waals surface area contributed by atoms with Crippen LogP contribution < -0.4 is 5.32 Å². The Labute approximate surface area is 129 Å². The van der Waals surface area contributed by atoms with Gasteiger partial charge in [0.15, 0.2) is 0 Å². The molecule has 0 aromatic rings. The lowest BCUT2D eigenvalue weighted by atomic mass is 10.0. The normalized spacial score (nSPS) is 30.0. The molecular weight excluding hydrogens is 262 g/mol. The van der Waals surface area contributed by atoms with Gasteiger partial charge in [-0.15, -0.1) is 0 Å². The van der Waals surface area contributed by atoms with Gasteiger partial charge in [0.1, 0.15) is 0 Å². The van der Waals surface area contributed by atoms with Gasteiger partial charge in [-0.05, 0) is 57.7 Å². The standard InChI is InChI=1S/C17H31N3O/c1-18-17(21)12-14-6-9-20(13-14)16-7-10-19(11-8-16)15-4-2-3-5-15/h14-16H,2-13H2,1H3,(H,18,21). The monoisotopic (exact) mass is 293 g/mol. The second kappa shape index (κ2) is 7.10. The zero-order valence-corrected chi connectivity index (χ0v) is 13.5. The van der Waals surface area contributed by atoms with E-state index in [2.05, 4.69) is 15.1 Å². The first-order chi connectivity index (χ1) is 10.3. The van der Waals surface area contributed by atoms with Crippen LogP contribution in [0.1, 0.15) is 51.4 Å². The van der Waals surface area contributed by atoms with E-state index >= 15 is 0 Å². The molecule has 1 atom stereocenters. The molecule has 1 amide bonds. The van der Waals surface area contributed by atoms with Crippen molar-refractivity contribution in [1.29, 1.82) is 0 Å². The summed E-state index contributed by atoms with van der Waals surface area (Å²) >= 11 is 0. The lowest BCUT2D eigenvalue weighted by Crippen LogP contribution is -2.47. The summed E-state index contributed by atoms with van der Waals surface area (Å²) in [6, 6.07) is 1.67. The molecule has 1 unspecified atom stereocenters. The zero-order chi connectivity index (χ0) is 14.7. The van der Waals surface area contributed by atoms with E-state index in [-0.39, 0.29) is 5.91 Å². The van der Waals surface area contributed by atoms with Gasteiger partial charge in [0.2, 0.25) is 5.91 Å². The third kappa shape index (κ3) is 3.78. The first-order valence-electron chi connectivity index (χ1n) is 8.95. The number of likely N-dealkylation sites (tertiary alicyclic amines) is 2. The van der Waals surface area contributed by atoms with Gasteiger partial charge in [-0.3, -0.25) is 9.69 Å². The third-order valence-corrected chi connectivity index (χ3v) is 5.93. The highest BCUT2D eigenvalue weighted by Gasteiger charge is 2.33. The van der Waals surface area contributed by atoms with E-state index in [1.807, 2.05) is 0 Å². The van der Waals surface area contributed by atoms with Crippen molar-refractivity contribution in [3.05, 3.63) is 0 Å². The molecular formula is C17H31N3O. The Bertz CT molecular complexity index is 346. The molecule has 0 aromatic carbocycles. The summed E-state index contributed by atoms with van der Waals surface area (Å²) in [5.41, 5.74) is 0. The van der Waals surface area contributed by atoms with Gasteiger partial charge in [0.05, 0.1) is 0 Å². The van der Waals surface area contributed by atoms with Gasteiger partial charge in [-0.25, -0.2) is 0 Å². The highest BCUT2D eigenvalue weighted by atomic mass is 16.1. The highest BCUT2D eigenvalue weighted by Crippen LogP contribution is 2.30. The summed E-state index contributed by atoms with van der Waals surface area (Å²) < 4.78 is 0. The lowest BCUT2D eigenvalue weighted by Gasteiger charge is -2.39. The van der Waals surface area contributed by atoms with Crippen LogP contribution in [0, 0.1) is 5.92 Å². The van der Waals surface area contributed by atoms with Crippen molar-refractivity contribution in [3.63, 3.8) is 0 Å². The molecule has 0 aromatic heterocycles. The summed E-state index contributed by atoms with van der Waals surface area (Å²) in [5.74, 6) is 0.788. The minimum absolute atomic E-state index is 0.206. The summed E-state index contributed by atoms with van der Waals surface area (Å²) in [6.45, 7) is 4.94. The Kier molecular flexibility index (Phi) is 5.17. The van der Waals surface area contributed by atoms with E-state index in [0.29, 0.717) is 12.3 Å². The average molecular weight is 293 g/mol. The van der Waals surface area contributed by atoms with Crippen LogP contribution in [-0.4, -0.2) is 61.0 Å². The lowest BCUT2D eigenvalue weighted by molar-refractivity contribution is -0.121. The smallest absolute Gasteiger partial charge is 0.220 e. The quantitative estimate of drug-likeness (QED) is 0.859. The van der Waals surface area contributed by atoms with Gasteiger partial charge in [-0.2, -0.15) is 0 Å². The Balaban J connectivity index is 1.41. The molecule has 2 saturated heterocycles. The van der Waals surface area contributed by atoms with Gasteiger partial charge in [-0.1, -0.05) is 12.8 Å². The van der Waals surface area contributed by atoms with Crippen molar-refractivity contribution in [2.45, 2.75) is 63.5 Å². The van der Waals surface area contributed by atoms with Crippen LogP contribution in [-0.2, 0) is 4.79 Å². The van der Waals surface area contributed by atoms with Crippen molar-refractivity contribution in [2.75, 3.05) is 33.2 Å². The number of rotatable bonds is 4. The predicted molar refractivity (Wildman–Crippen MR) is 85.2 cm³/mol. The van der Waals surface area contributed by atoms with Gasteiger partial charge in [0, 0.05) is 32.1 Å². The Morgan fingerprint density at radius 2 is 1.57 bits per heavy atom. The van der Waals surface area contributed by atoms with Gasteiger partial charge >= 0.3 is 0 Å². The molecule has 0 bridgehead atoms. The van der Waals surface area contributed by atoms with E-state index in [1.54, 1.807) is 7.05 Å². The maximum absolute atomic E-state index is 11.5. The van der Waals surface area contributed by atoms with E-state index in [1.165, 1.54) is 64.6 Å². The molecule has 21 heavy (non-hydrogen) atoms. The number of hydrogen-bond donors (Lipinski definition) is 1. The minimum atomic E-state index is 0.206. The van der Waals surface area contributed by atoms with Crippen molar-refractivity contribution >= 4 is 5.91 Å². The summed E-state index contributed by atoms with van der Waals surface area (Å²) in [4.78, 5) is 16.9. The van der Waals surface area contributed by atoms with Crippen LogP contribution in [0.4, 0.5) is 0 Å². The maximum Gasteiger partial charge on any atom is 0.220 e. The SMILES string of the molecule is CNC(=O)CC1CCN(C2CCN(C3CCCC3)CC2)C1. The molecule has 120 valence electrons. The van der Waals surface area contributed by atoms with E-state index in [4.69, 9.17) is 0 Å². The van der Waals surface area contributed by atoms with E-state index in [0.717, 1.165) is 18.6 Å². The zero-order valence-electron chi connectivity index (χ0n) is 13.5. The molecule has 2 heterocycles. The maximum atomic E-state index is 11.5. The van der Waals surface area contributed by atoms with Crippen molar-refractivity contribution < 1.29 is 4.79 Å². The number of piperidine rings is 1. The van der Waals surface area contributed by atoms with Crippen molar-refractivity contribution in [2.24, 2.45) is 5.92 Å². The topological polar surface area (TPSA) is 35.6 Å². The largest absolute Gasteiger partial charge is 0.359 e. The molecule has 2 aliphatic heterocycles. The van der Waals surface area contributed by atoms with Crippen LogP contribution in [0.25, 0.3) is 0 Å². The molecule has 3 aliphatic rings. The summed E-state index contributed by atoms with van der Waals surface area (Å²) in [7, 11) is 1.74. The summed E-state index contributed by atoms with van der Waals surface area (Å²) in [5, 5.41) is 2.76. The molecule has 3 fully saturated rings.